The highest BCUT2D eigenvalue weighted by Gasteiger charge is 2.41. The molecule has 1 saturated carbocycles. The van der Waals surface area contributed by atoms with Crippen LogP contribution in [0.2, 0.25) is 0 Å². The lowest BCUT2D eigenvalue weighted by molar-refractivity contribution is -0.126. The second-order valence-corrected chi connectivity index (χ2v) is 10.7. The number of carbonyl (C=O) groups excluding carboxylic acids is 2. The average Bonchev–Trinajstić information content (AvgIpc) is 3.63. The molecule has 35 heavy (non-hydrogen) atoms. The van der Waals surface area contributed by atoms with E-state index in [4.69, 9.17) is 9.84 Å². The molecule has 1 N–H and O–H groups in total. The molecule has 0 spiro atoms. The Morgan fingerprint density at radius 1 is 1.23 bits per heavy atom. The van der Waals surface area contributed by atoms with Crippen LogP contribution in [0.15, 0.2) is 30.9 Å². The lowest BCUT2D eigenvalue weighted by Crippen LogP contribution is -2.47. The highest BCUT2D eigenvalue weighted by atomic mass is 16.6. The van der Waals surface area contributed by atoms with Gasteiger partial charge in [0.25, 0.3) is 0 Å². The van der Waals surface area contributed by atoms with Crippen molar-refractivity contribution in [3.63, 3.8) is 0 Å². The van der Waals surface area contributed by atoms with Crippen molar-refractivity contribution in [3.05, 3.63) is 58.9 Å². The van der Waals surface area contributed by atoms with Crippen molar-refractivity contribution in [3.8, 4) is 5.69 Å². The van der Waals surface area contributed by atoms with E-state index in [2.05, 4.69) is 24.8 Å². The number of nitrogens with zero attached hydrogens (tertiary/aromatic N) is 4. The van der Waals surface area contributed by atoms with E-state index in [1.54, 1.807) is 9.80 Å². The Hall–Kier alpha value is -3.13. The summed E-state index contributed by atoms with van der Waals surface area (Å²) in [6.07, 6.45) is 4.54. The van der Waals surface area contributed by atoms with E-state index < -0.39 is 5.60 Å². The molecule has 8 nitrogen and oxygen atoms in total. The van der Waals surface area contributed by atoms with E-state index in [0.717, 1.165) is 28.2 Å². The lowest BCUT2D eigenvalue weighted by Gasteiger charge is -2.38. The van der Waals surface area contributed by atoms with Gasteiger partial charge in [0.1, 0.15) is 5.60 Å². The van der Waals surface area contributed by atoms with Gasteiger partial charge in [-0.15, -0.1) is 0 Å². The zero-order valence-corrected chi connectivity index (χ0v) is 20.8. The second kappa shape index (κ2) is 8.82. The standard InChI is InChI=1S/C27H34N4O4/c1-5-24(33)29-12-10-20-25-22(11-13-30(23(25)15-29)26(34)35-27(2,3)4)31(28-20)21-9-8-18(17-6-7-17)14-19(21)16-32/h5,8-9,14,17,23,32H,1,6-7,10-13,15-16H2,2-4H3/t23-/m0/s1. The summed E-state index contributed by atoms with van der Waals surface area (Å²) < 4.78 is 7.68. The molecule has 1 aromatic heterocycles. The fourth-order valence-corrected chi connectivity index (χ4v) is 5.27. The van der Waals surface area contributed by atoms with Crippen LogP contribution in [0.1, 0.15) is 73.7 Å². The van der Waals surface area contributed by atoms with Crippen LogP contribution in [0, 0.1) is 0 Å². The molecule has 0 unspecified atom stereocenters. The molecule has 0 radical (unpaired) electrons. The maximum Gasteiger partial charge on any atom is 0.410 e. The highest BCUT2D eigenvalue weighted by Crippen LogP contribution is 2.42. The molecule has 2 amide bonds. The average molecular weight is 479 g/mol. The van der Waals surface area contributed by atoms with Gasteiger partial charge in [-0.25, -0.2) is 9.48 Å². The molecular formula is C27H34N4O4. The van der Waals surface area contributed by atoms with Crippen LogP contribution in [0.3, 0.4) is 0 Å². The molecule has 1 atom stereocenters. The van der Waals surface area contributed by atoms with Crippen LogP contribution in [-0.2, 0) is 29.0 Å². The first-order valence-corrected chi connectivity index (χ1v) is 12.5. The van der Waals surface area contributed by atoms with Gasteiger partial charge in [0.05, 0.1) is 29.7 Å². The van der Waals surface area contributed by atoms with E-state index in [-0.39, 0.29) is 24.6 Å². The Bertz CT molecular complexity index is 1170. The first-order valence-electron chi connectivity index (χ1n) is 12.5. The molecule has 0 bridgehead atoms. The van der Waals surface area contributed by atoms with Crippen LogP contribution in [0.4, 0.5) is 4.79 Å². The maximum absolute atomic E-state index is 13.2. The van der Waals surface area contributed by atoms with Crippen molar-refractivity contribution < 1.29 is 19.4 Å². The number of hydrogen-bond donors (Lipinski definition) is 1. The Morgan fingerprint density at radius 3 is 2.66 bits per heavy atom. The minimum absolute atomic E-state index is 0.0606. The van der Waals surface area contributed by atoms with Crippen LogP contribution >= 0.6 is 0 Å². The largest absolute Gasteiger partial charge is 0.444 e. The summed E-state index contributed by atoms with van der Waals surface area (Å²) in [5, 5.41) is 15.2. The van der Waals surface area contributed by atoms with Crippen molar-refractivity contribution in [2.75, 3.05) is 19.6 Å². The van der Waals surface area contributed by atoms with Gasteiger partial charge in [-0.1, -0.05) is 18.7 Å². The van der Waals surface area contributed by atoms with Gasteiger partial charge in [-0.05, 0) is 57.2 Å². The number of aromatic nitrogens is 2. The van der Waals surface area contributed by atoms with Gasteiger partial charge in [-0.3, -0.25) is 9.69 Å². The monoisotopic (exact) mass is 478 g/mol. The number of aliphatic hydroxyl groups excluding tert-OH is 1. The van der Waals surface area contributed by atoms with Crippen molar-refractivity contribution in [1.82, 2.24) is 19.6 Å². The van der Waals surface area contributed by atoms with Gasteiger partial charge < -0.3 is 14.7 Å². The molecule has 2 aliphatic heterocycles. The Morgan fingerprint density at radius 2 is 2.00 bits per heavy atom. The maximum atomic E-state index is 13.2. The minimum Gasteiger partial charge on any atom is -0.444 e. The number of rotatable bonds is 4. The summed E-state index contributed by atoms with van der Waals surface area (Å²) >= 11 is 0. The SMILES string of the molecule is C=CC(=O)N1CCc2nn(-c3ccc(C4CC4)cc3CO)c3c2[C@H](C1)N(C(=O)OC(C)(C)C)CC3. The normalized spacial score (nSPS) is 19.7. The summed E-state index contributed by atoms with van der Waals surface area (Å²) in [6.45, 7) is 10.5. The summed E-state index contributed by atoms with van der Waals surface area (Å²) in [5.41, 5.74) is 5.30. The molecule has 1 aliphatic carbocycles. The second-order valence-electron chi connectivity index (χ2n) is 10.7. The van der Waals surface area contributed by atoms with Gasteiger partial charge in [0.15, 0.2) is 0 Å². The topological polar surface area (TPSA) is 87.9 Å². The fraction of sp³-hybridized carbons (Fsp3) is 0.519. The molecular weight excluding hydrogens is 444 g/mol. The number of amides is 2. The van der Waals surface area contributed by atoms with E-state index in [9.17, 15) is 14.7 Å². The van der Waals surface area contributed by atoms with Crippen LogP contribution < -0.4 is 0 Å². The number of hydrogen-bond acceptors (Lipinski definition) is 5. The summed E-state index contributed by atoms with van der Waals surface area (Å²) in [7, 11) is 0. The molecule has 1 aromatic carbocycles. The molecule has 0 saturated heterocycles. The first-order chi connectivity index (χ1) is 16.7. The fourth-order valence-electron chi connectivity index (χ4n) is 5.27. The Labute approximate surface area is 206 Å². The molecule has 1 fully saturated rings. The molecule has 186 valence electrons. The molecule has 3 aliphatic rings. The number of aliphatic hydroxyl groups is 1. The van der Waals surface area contributed by atoms with Crippen molar-refractivity contribution in [2.24, 2.45) is 0 Å². The van der Waals surface area contributed by atoms with Gasteiger partial charge in [-0.2, -0.15) is 5.10 Å². The predicted octanol–water partition coefficient (Wildman–Crippen LogP) is 3.65. The van der Waals surface area contributed by atoms with Crippen molar-refractivity contribution in [2.45, 2.75) is 70.6 Å². The number of benzene rings is 1. The molecule has 2 aromatic rings. The number of ether oxygens (including phenoxy) is 1. The molecule has 8 heteroatoms. The third-order valence-electron chi connectivity index (χ3n) is 7.07. The number of carbonyl (C=O) groups is 2. The van der Waals surface area contributed by atoms with E-state index >= 15 is 0 Å². The predicted molar refractivity (Wildman–Crippen MR) is 131 cm³/mol. The van der Waals surface area contributed by atoms with E-state index in [1.807, 2.05) is 25.5 Å². The summed E-state index contributed by atoms with van der Waals surface area (Å²) in [6, 6.07) is 5.95. The third-order valence-corrected chi connectivity index (χ3v) is 7.07. The van der Waals surface area contributed by atoms with Gasteiger partial charge in [0, 0.05) is 43.6 Å². The Balaban J connectivity index is 1.57. The van der Waals surface area contributed by atoms with E-state index in [0.29, 0.717) is 38.4 Å². The molecule has 3 heterocycles. The first kappa shape index (κ1) is 23.6. The van der Waals surface area contributed by atoms with Crippen LogP contribution in [-0.4, -0.2) is 61.9 Å². The zero-order chi connectivity index (χ0) is 24.9. The van der Waals surface area contributed by atoms with Crippen LogP contribution in [0.25, 0.3) is 5.69 Å². The third kappa shape index (κ3) is 4.47. The minimum atomic E-state index is -0.620. The van der Waals surface area contributed by atoms with Gasteiger partial charge >= 0.3 is 6.09 Å². The van der Waals surface area contributed by atoms with E-state index in [1.165, 1.54) is 24.5 Å². The van der Waals surface area contributed by atoms with Crippen molar-refractivity contribution in [1.29, 1.82) is 0 Å². The van der Waals surface area contributed by atoms with Gasteiger partial charge in [0.2, 0.25) is 5.91 Å². The quantitative estimate of drug-likeness (QED) is 0.678. The van der Waals surface area contributed by atoms with Crippen molar-refractivity contribution >= 4 is 12.0 Å². The summed E-state index contributed by atoms with van der Waals surface area (Å²) in [5.74, 6) is 0.444. The zero-order valence-electron chi connectivity index (χ0n) is 20.8. The summed E-state index contributed by atoms with van der Waals surface area (Å²) in [4.78, 5) is 29.2. The highest BCUT2D eigenvalue weighted by molar-refractivity contribution is 5.87. The smallest absolute Gasteiger partial charge is 0.410 e. The Kier molecular flexibility index (Phi) is 5.95. The lowest BCUT2D eigenvalue weighted by atomic mass is 9.95. The molecule has 5 rings (SSSR count). The van der Waals surface area contributed by atoms with Crippen LogP contribution in [0.5, 0.6) is 0 Å².